The van der Waals surface area contributed by atoms with Gasteiger partial charge in [-0.05, 0) is 61.5 Å². The van der Waals surface area contributed by atoms with Crippen molar-refractivity contribution < 1.29 is 23.5 Å². The highest BCUT2D eigenvalue weighted by atomic mass is 32.1. The van der Waals surface area contributed by atoms with E-state index < -0.39 is 18.0 Å². The molecule has 1 atom stereocenters. The molecule has 156 valence electrons. The number of aryl methyl sites for hydroxylation is 1. The third-order valence-electron chi connectivity index (χ3n) is 4.97. The SMILES string of the molecule is COC(=O)C1=C(C)N(c2ccc(C)c(F)c2)C(=S)N[C@@H]1c1ccc(C(=O)OC)cc1. The van der Waals surface area contributed by atoms with Crippen molar-refractivity contribution in [2.45, 2.75) is 19.9 Å². The molecule has 1 aliphatic heterocycles. The summed E-state index contributed by atoms with van der Waals surface area (Å²) in [4.78, 5) is 25.9. The molecule has 30 heavy (non-hydrogen) atoms. The number of thiocarbonyl (C=S) groups is 1. The highest BCUT2D eigenvalue weighted by molar-refractivity contribution is 7.80. The molecule has 0 radical (unpaired) electrons. The zero-order valence-electron chi connectivity index (χ0n) is 17.0. The number of hydrogen-bond acceptors (Lipinski definition) is 5. The third kappa shape index (κ3) is 3.91. The summed E-state index contributed by atoms with van der Waals surface area (Å²) in [6.07, 6.45) is 0. The Morgan fingerprint density at radius 3 is 2.23 bits per heavy atom. The van der Waals surface area contributed by atoms with Crippen LogP contribution in [0.2, 0.25) is 0 Å². The normalized spacial score (nSPS) is 16.2. The van der Waals surface area contributed by atoms with E-state index in [0.29, 0.717) is 38.8 Å². The van der Waals surface area contributed by atoms with Crippen molar-refractivity contribution in [1.29, 1.82) is 0 Å². The maximum absolute atomic E-state index is 14.1. The van der Waals surface area contributed by atoms with Gasteiger partial charge in [0.25, 0.3) is 0 Å². The Morgan fingerprint density at radius 1 is 1.03 bits per heavy atom. The first-order valence-corrected chi connectivity index (χ1v) is 9.53. The quantitative estimate of drug-likeness (QED) is 0.587. The summed E-state index contributed by atoms with van der Waals surface area (Å²) in [7, 11) is 2.60. The highest BCUT2D eigenvalue weighted by Gasteiger charge is 2.35. The monoisotopic (exact) mass is 428 g/mol. The Hall–Kier alpha value is -3.26. The van der Waals surface area contributed by atoms with E-state index in [9.17, 15) is 14.0 Å². The van der Waals surface area contributed by atoms with Gasteiger partial charge >= 0.3 is 11.9 Å². The second-order valence-electron chi connectivity index (χ2n) is 6.76. The summed E-state index contributed by atoms with van der Waals surface area (Å²) in [6.45, 7) is 3.40. The van der Waals surface area contributed by atoms with Gasteiger partial charge in [0, 0.05) is 5.70 Å². The van der Waals surface area contributed by atoms with Gasteiger partial charge < -0.3 is 14.8 Å². The van der Waals surface area contributed by atoms with Crippen LogP contribution in [0.15, 0.2) is 53.7 Å². The summed E-state index contributed by atoms with van der Waals surface area (Å²) in [6, 6.07) is 10.8. The number of methoxy groups -OCH3 is 2. The van der Waals surface area contributed by atoms with Gasteiger partial charge in [0.15, 0.2) is 5.11 Å². The van der Waals surface area contributed by atoms with E-state index in [0.717, 1.165) is 0 Å². The standard InChI is InChI=1S/C22H21FN2O4S/c1-12-5-10-16(11-17(12)23)25-13(2)18(21(27)29-4)19(24-22(25)30)14-6-8-15(9-7-14)20(26)28-3/h5-11,19H,1-4H3,(H,24,30)/t19-/m1/s1. The van der Waals surface area contributed by atoms with Crippen molar-refractivity contribution >= 4 is 35.0 Å². The Kier molecular flexibility index (Phi) is 6.17. The van der Waals surface area contributed by atoms with Gasteiger partial charge in [0.2, 0.25) is 0 Å². The Bertz CT molecular complexity index is 1050. The van der Waals surface area contributed by atoms with Crippen molar-refractivity contribution in [2.24, 2.45) is 0 Å². The molecule has 2 aromatic rings. The van der Waals surface area contributed by atoms with Crippen molar-refractivity contribution in [3.8, 4) is 0 Å². The number of anilines is 1. The number of nitrogens with one attached hydrogen (secondary N) is 1. The lowest BCUT2D eigenvalue weighted by Crippen LogP contribution is -2.48. The van der Waals surface area contributed by atoms with Crippen LogP contribution in [0.4, 0.5) is 10.1 Å². The molecule has 8 heteroatoms. The molecular formula is C22H21FN2O4S. The summed E-state index contributed by atoms with van der Waals surface area (Å²) in [5.74, 6) is -1.37. The first kappa shape index (κ1) is 21.4. The number of carbonyl (C=O) groups excluding carboxylic acids is 2. The zero-order chi connectivity index (χ0) is 22.0. The van der Waals surface area contributed by atoms with Gasteiger partial charge in [-0.25, -0.2) is 14.0 Å². The van der Waals surface area contributed by atoms with Crippen LogP contribution in [0.1, 0.15) is 34.5 Å². The van der Waals surface area contributed by atoms with Crippen molar-refractivity contribution in [3.63, 3.8) is 0 Å². The summed E-state index contributed by atoms with van der Waals surface area (Å²) < 4.78 is 23.9. The number of benzene rings is 2. The van der Waals surface area contributed by atoms with Gasteiger partial charge in [0.05, 0.1) is 37.1 Å². The van der Waals surface area contributed by atoms with E-state index in [-0.39, 0.29) is 5.82 Å². The van der Waals surface area contributed by atoms with E-state index in [1.54, 1.807) is 55.1 Å². The molecule has 2 aromatic carbocycles. The Labute approximate surface area is 179 Å². The van der Waals surface area contributed by atoms with Crippen molar-refractivity contribution in [1.82, 2.24) is 5.32 Å². The maximum atomic E-state index is 14.1. The molecule has 1 N–H and O–H groups in total. The Balaban J connectivity index is 2.08. The molecule has 0 saturated carbocycles. The second-order valence-corrected chi connectivity index (χ2v) is 7.14. The van der Waals surface area contributed by atoms with E-state index in [2.05, 4.69) is 5.32 Å². The van der Waals surface area contributed by atoms with Crippen LogP contribution in [0.25, 0.3) is 0 Å². The predicted octanol–water partition coefficient (Wildman–Crippen LogP) is 3.80. The average molecular weight is 428 g/mol. The van der Waals surface area contributed by atoms with Gasteiger partial charge in [-0.3, -0.25) is 4.90 Å². The lowest BCUT2D eigenvalue weighted by atomic mass is 9.94. The fourth-order valence-electron chi connectivity index (χ4n) is 3.33. The number of carbonyl (C=O) groups is 2. The molecule has 0 unspecified atom stereocenters. The minimum atomic E-state index is -0.594. The van der Waals surface area contributed by atoms with Crippen LogP contribution < -0.4 is 10.2 Å². The molecule has 1 heterocycles. The van der Waals surface area contributed by atoms with E-state index in [1.165, 1.54) is 20.3 Å². The smallest absolute Gasteiger partial charge is 0.337 e. The first-order chi connectivity index (χ1) is 14.3. The first-order valence-electron chi connectivity index (χ1n) is 9.12. The fraction of sp³-hybridized carbons (Fsp3) is 0.227. The van der Waals surface area contributed by atoms with Crippen LogP contribution in [-0.2, 0) is 14.3 Å². The molecule has 0 aromatic heterocycles. The van der Waals surface area contributed by atoms with E-state index in [4.69, 9.17) is 21.7 Å². The lowest BCUT2D eigenvalue weighted by molar-refractivity contribution is -0.136. The van der Waals surface area contributed by atoms with E-state index >= 15 is 0 Å². The largest absolute Gasteiger partial charge is 0.466 e. The maximum Gasteiger partial charge on any atom is 0.337 e. The number of halogens is 1. The zero-order valence-corrected chi connectivity index (χ0v) is 17.8. The van der Waals surface area contributed by atoms with Crippen LogP contribution in [-0.4, -0.2) is 31.3 Å². The molecule has 0 bridgehead atoms. The molecule has 1 aliphatic rings. The molecule has 0 aliphatic carbocycles. The van der Waals surface area contributed by atoms with Gasteiger partial charge in [-0.1, -0.05) is 18.2 Å². The van der Waals surface area contributed by atoms with Crippen molar-refractivity contribution in [2.75, 3.05) is 19.1 Å². The van der Waals surface area contributed by atoms with E-state index in [1.807, 2.05) is 0 Å². The molecule has 0 saturated heterocycles. The number of allylic oxidation sites excluding steroid dienone is 1. The highest BCUT2D eigenvalue weighted by Crippen LogP contribution is 2.34. The minimum absolute atomic E-state index is 0.311. The number of rotatable bonds is 4. The van der Waals surface area contributed by atoms with Gasteiger partial charge in [0.1, 0.15) is 5.82 Å². The molecule has 0 spiro atoms. The van der Waals surface area contributed by atoms with Crippen molar-refractivity contribution in [3.05, 3.63) is 76.2 Å². The predicted molar refractivity (Wildman–Crippen MR) is 115 cm³/mol. The van der Waals surface area contributed by atoms with Crippen LogP contribution in [0.5, 0.6) is 0 Å². The third-order valence-corrected chi connectivity index (χ3v) is 5.27. The lowest BCUT2D eigenvalue weighted by Gasteiger charge is -2.37. The summed E-state index contributed by atoms with van der Waals surface area (Å²) in [5, 5.41) is 3.44. The number of esters is 2. The molecular weight excluding hydrogens is 407 g/mol. The van der Waals surface area contributed by atoms with Gasteiger partial charge in [-0.2, -0.15) is 0 Å². The number of nitrogens with zero attached hydrogens (tertiary/aromatic N) is 1. The molecule has 0 fully saturated rings. The second kappa shape index (κ2) is 8.62. The molecule has 6 nitrogen and oxygen atoms in total. The molecule has 3 rings (SSSR count). The minimum Gasteiger partial charge on any atom is -0.466 e. The van der Waals surface area contributed by atoms with Crippen LogP contribution in [0.3, 0.4) is 0 Å². The van der Waals surface area contributed by atoms with Crippen LogP contribution >= 0.6 is 12.2 Å². The summed E-state index contributed by atoms with van der Waals surface area (Å²) >= 11 is 5.53. The number of ether oxygens (including phenoxy) is 2. The number of hydrogen-bond donors (Lipinski definition) is 1. The van der Waals surface area contributed by atoms with Crippen LogP contribution in [0, 0.1) is 12.7 Å². The Morgan fingerprint density at radius 2 is 1.67 bits per heavy atom. The topological polar surface area (TPSA) is 67.9 Å². The fourth-order valence-corrected chi connectivity index (χ4v) is 3.69. The van der Waals surface area contributed by atoms with Gasteiger partial charge in [-0.15, -0.1) is 0 Å². The summed E-state index contributed by atoms with van der Waals surface area (Å²) in [5.41, 5.74) is 2.95. The average Bonchev–Trinajstić information content (AvgIpc) is 2.74. The molecule has 0 amide bonds.